The molecule has 0 fully saturated rings. The average molecular weight is 433 g/mol. The highest BCUT2D eigenvalue weighted by Gasteiger charge is 2.13. The van der Waals surface area contributed by atoms with Crippen molar-refractivity contribution in [1.82, 2.24) is 25.1 Å². The number of hydrogen-bond acceptors (Lipinski definition) is 7. The maximum absolute atomic E-state index is 12.1. The molecule has 1 amide bonds. The molecule has 0 atom stereocenters. The van der Waals surface area contributed by atoms with E-state index in [2.05, 4.69) is 20.5 Å². The van der Waals surface area contributed by atoms with E-state index in [0.29, 0.717) is 23.9 Å². The molecule has 0 bridgehead atoms. The smallest absolute Gasteiger partial charge is 0.238 e. The van der Waals surface area contributed by atoms with Crippen LogP contribution in [0.1, 0.15) is 5.56 Å². The zero-order valence-electron chi connectivity index (χ0n) is 15.6. The standard InChI is InChI=1S/C18H20N6O3S2/c1-24-17(14-7-9-20-10-8-14)22-23-18(24)28-12-16(25)21-11-6-13-2-4-15(5-3-13)29(19,26)27/h2-5,7-10H,6,11-12H2,1H3,(H,21,25)(H2,19,26,27). The molecular formula is C18H20N6O3S2. The third-order valence-corrected chi connectivity index (χ3v) is 6.04. The van der Waals surface area contributed by atoms with Gasteiger partial charge in [-0.25, -0.2) is 13.6 Å². The minimum atomic E-state index is -3.70. The fourth-order valence-electron chi connectivity index (χ4n) is 2.57. The maximum atomic E-state index is 12.1. The van der Waals surface area contributed by atoms with Crippen LogP contribution in [0, 0.1) is 0 Å². The Labute approximate surface area is 172 Å². The lowest BCUT2D eigenvalue weighted by Crippen LogP contribution is -2.27. The molecule has 152 valence electrons. The van der Waals surface area contributed by atoms with E-state index in [1.54, 1.807) is 24.5 Å². The van der Waals surface area contributed by atoms with Gasteiger partial charge in [-0.05, 0) is 36.2 Å². The Morgan fingerprint density at radius 1 is 1.14 bits per heavy atom. The zero-order valence-corrected chi connectivity index (χ0v) is 17.3. The van der Waals surface area contributed by atoms with Gasteiger partial charge in [0.15, 0.2) is 11.0 Å². The van der Waals surface area contributed by atoms with Crippen LogP contribution in [0.15, 0.2) is 58.8 Å². The Bertz CT molecular complexity index is 1080. The summed E-state index contributed by atoms with van der Waals surface area (Å²) in [7, 11) is -1.85. The van der Waals surface area contributed by atoms with Gasteiger partial charge >= 0.3 is 0 Å². The monoisotopic (exact) mass is 432 g/mol. The molecule has 3 rings (SSSR count). The maximum Gasteiger partial charge on any atom is 0.238 e. The van der Waals surface area contributed by atoms with Crippen LogP contribution in [0.3, 0.4) is 0 Å². The second-order valence-corrected chi connectivity index (χ2v) is 8.68. The first-order chi connectivity index (χ1) is 13.8. The van der Waals surface area contributed by atoms with Crippen molar-refractivity contribution in [2.24, 2.45) is 12.2 Å². The van der Waals surface area contributed by atoms with E-state index in [9.17, 15) is 13.2 Å². The molecular weight excluding hydrogens is 412 g/mol. The first kappa shape index (κ1) is 21.0. The number of rotatable bonds is 8. The highest BCUT2D eigenvalue weighted by atomic mass is 32.2. The summed E-state index contributed by atoms with van der Waals surface area (Å²) < 4.78 is 24.3. The number of thioether (sulfide) groups is 1. The summed E-state index contributed by atoms with van der Waals surface area (Å²) in [5, 5.41) is 16.9. The van der Waals surface area contributed by atoms with Gasteiger partial charge < -0.3 is 9.88 Å². The van der Waals surface area contributed by atoms with Crippen molar-refractivity contribution in [3.8, 4) is 11.4 Å². The molecule has 0 aliphatic rings. The van der Waals surface area contributed by atoms with Crippen LogP contribution < -0.4 is 10.5 Å². The van der Waals surface area contributed by atoms with E-state index in [1.807, 2.05) is 23.7 Å². The largest absolute Gasteiger partial charge is 0.355 e. The number of carbonyl (C=O) groups is 1. The van der Waals surface area contributed by atoms with Gasteiger partial charge in [-0.3, -0.25) is 9.78 Å². The summed E-state index contributed by atoms with van der Waals surface area (Å²) in [5.41, 5.74) is 1.81. The van der Waals surface area contributed by atoms with Gasteiger partial charge in [0.1, 0.15) is 0 Å². The van der Waals surface area contributed by atoms with Crippen molar-refractivity contribution in [2.75, 3.05) is 12.3 Å². The van der Waals surface area contributed by atoms with Crippen LogP contribution in [0.4, 0.5) is 0 Å². The van der Waals surface area contributed by atoms with Crippen molar-refractivity contribution in [3.63, 3.8) is 0 Å². The third-order valence-electron chi connectivity index (χ3n) is 4.09. The molecule has 3 N–H and O–H groups in total. The molecule has 0 aliphatic heterocycles. The summed E-state index contributed by atoms with van der Waals surface area (Å²) in [6, 6.07) is 9.97. The van der Waals surface area contributed by atoms with E-state index in [-0.39, 0.29) is 16.6 Å². The van der Waals surface area contributed by atoms with E-state index in [0.717, 1.165) is 11.1 Å². The second-order valence-electron chi connectivity index (χ2n) is 6.18. The fraction of sp³-hybridized carbons (Fsp3) is 0.222. The van der Waals surface area contributed by atoms with Crippen molar-refractivity contribution < 1.29 is 13.2 Å². The van der Waals surface area contributed by atoms with Crippen LogP contribution in [0.5, 0.6) is 0 Å². The predicted molar refractivity (Wildman–Crippen MR) is 109 cm³/mol. The number of nitrogens with one attached hydrogen (secondary N) is 1. The third kappa shape index (κ3) is 5.62. The molecule has 0 aliphatic carbocycles. The number of nitrogens with zero attached hydrogens (tertiary/aromatic N) is 4. The van der Waals surface area contributed by atoms with E-state index < -0.39 is 10.0 Å². The molecule has 0 saturated carbocycles. The van der Waals surface area contributed by atoms with Crippen molar-refractivity contribution in [3.05, 3.63) is 54.4 Å². The molecule has 11 heteroatoms. The molecule has 29 heavy (non-hydrogen) atoms. The van der Waals surface area contributed by atoms with Gasteiger partial charge in [-0.15, -0.1) is 10.2 Å². The summed E-state index contributed by atoms with van der Waals surface area (Å²) in [5.74, 6) is 0.801. The van der Waals surface area contributed by atoms with E-state index in [4.69, 9.17) is 5.14 Å². The number of pyridine rings is 1. The first-order valence-electron chi connectivity index (χ1n) is 8.65. The van der Waals surface area contributed by atoms with Gasteiger partial charge in [0, 0.05) is 31.5 Å². The molecule has 0 unspecified atom stereocenters. The Hall–Kier alpha value is -2.76. The molecule has 2 aromatic heterocycles. The Morgan fingerprint density at radius 3 is 2.48 bits per heavy atom. The lowest BCUT2D eigenvalue weighted by atomic mass is 10.1. The summed E-state index contributed by atoms with van der Waals surface area (Å²) >= 11 is 1.30. The molecule has 1 aromatic carbocycles. The van der Waals surface area contributed by atoms with Crippen molar-refractivity contribution in [2.45, 2.75) is 16.5 Å². The number of nitrogens with two attached hydrogens (primary N) is 1. The minimum Gasteiger partial charge on any atom is -0.355 e. The van der Waals surface area contributed by atoms with Crippen molar-refractivity contribution >= 4 is 27.7 Å². The van der Waals surface area contributed by atoms with Crippen LogP contribution in [0.25, 0.3) is 11.4 Å². The first-order valence-corrected chi connectivity index (χ1v) is 11.2. The molecule has 0 radical (unpaired) electrons. The minimum absolute atomic E-state index is 0.0662. The molecule has 0 spiro atoms. The van der Waals surface area contributed by atoms with E-state index >= 15 is 0 Å². The van der Waals surface area contributed by atoms with Crippen LogP contribution in [-0.4, -0.2) is 46.4 Å². The molecule has 2 heterocycles. The zero-order chi connectivity index (χ0) is 20.9. The SMILES string of the molecule is Cn1c(SCC(=O)NCCc2ccc(S(N)(=O)=O)cc2)nnc1-c1ccncc1. The molecule has 3 aromatic rings. The Morgan fingerprint density at radius 2 is 1.83 bits per heavy atom. The van der Waals surface area contributed by atoms with E-state index in [1.165, 1.54) is 23.9 Å². The topological polar surface area (TPSA) is 133 Å². The Kier molecular flexibility index (Phi) is 6.62. The lowest BCUT2D eigenvalue weighted by molar-refractivity contribution is -0.118. The summed E-state index contributed by atoms with van der Waals surface area (Å²) in [4.78, 5) is 16.1. The number of sulfonamides is 1. The summed E-state index contributed by atoms with van der Waals surface area (Å²) in [6.07, 6.45) is 3.96. The van der Waals surface area contributed by atoms with Crippen LogP contribution in [0.2, 0.25) is 0 Å². The number of primary sulfonamides is 1. The number of aromatic nitrogens is 4. The van der Waals surface area contributed by atoms with Crippen LogP contribution >= 0.6 is 11.8 Å². The average Bonchev–Trinajstić information content (AvgIpc) is 3.07. The number of benzene rings is 1. The highest BCUT2D eigenvalue weighted by Crippen LogP contribution is 2.21. The Balaban J connectivity index is 1.47. The van der Waals surface area contributed by atoms with Gasteiger partial charge in [0.05, 0.1) is 10.6 Å². The molecule has 0 saturated heterocycles. The second kappa shape index (κ2) is 9.16. The van der Waals surface area contributed by atoms with Gasteiger partial charge in [-0.1, -0.05) is 23.9 Å². The molecule has 9 nitrogen and oxygen atoms in total. The van der Waals surface area contributed by atoms with Gasteiger partial charge in [0.2, 0.25) is 15.9 Å². The fourth-order valence-corrected chi connectivity index (χ4v) is 3.82. The van der Waals surface area contributed by atoms with Gasteiger partial charge in [0.25, 0.3) is 0 Å². The van der Waals surface area contributed by atoms with Crippen molar-refractivity contribution in [1.29, 1.82) is 0 Å². The quantitative estimate of drug-likeness (QED) is 0.507. The van der Waals surface area contributed by atoms with Gasteiger partial charge in [-0.2, -0.15) is 0 Å². The highest BCUT2D eigenvalue weighted by molar-refractivity contribution is 7.99. The summed E-state index contributed by atoms with van der Waals surface area (Å²) in [6.45, 7) is 0.440. The lowest BCUT2D eigenvalue weighted by Gasteiger charge is -2.06. The predicted octanol–water partition coefficient (Wildman–Crippen LogP) is 0.976. The van der Waals surface area contributed by atoms with Crippen LogP contribution in [-0.2, 0) is 28.3 Å². The normalized spacial score (nSPS) is 11.4. The number of carbonyl (C=O) groups excluding carboxylic acids is 1. The number of hydrogen-bond donors (Lipinski definition) is 2. The number of amides is 1.